The van der Waals surface area contributed by atoms with Gasteiger partial charge in [-0.2, -0.15) is 5.10 Å². The zero-order valence-electron chi connectivity index (χ0n) is 13.6. The first-order chi connectivity index (χ1) is 10.3. The summed E-state index contributed by atoms with van der Waals surface area (Å²) in [6.07, 6.45) is 0.806. The van der Waals surface area contributed by atoms with Gasteiger partial charge in [-0.15, -0.1) is 0 Å². The average Bonchev–Trinajstić information content (AvgIpc) is 2.86. The van der Waals surface area contributed by atoms with Crippen LogP contribution in [0.2, 0.25) is 0 Å². The summed E-state index contributed by atoms with van der Waals surface area (Å²) in [5.41, 5.74) is 0.373. The molecule has 0 radical (unpaired) electrons. The molecule has 1 aromatic rings. The van der Waals surface area contributed by atoms with E-state index in [2.05, 4.69) is 5.10 Å². The Labute approximate surface area is 131 Å². The molecule has 0 aliphatic carbocycles. The minimum Gasteiger partial charge on any atom is -0.393 e. The molecule has 0 atom stereocenters. The number of aliphatic hydroxyl groups excluding tert-OH is 1. The largest absolute Gasteiger partial charge is 0.393 e. The van der Waals surface area contributed by atoms with Crippen molar-refractivity contribution < 1.29 is 15.0 Å². The molecule has 2 N–H and O–H groups in total. The van der Waals surface area contributed by atoms with E-state index in [1.807, 2.05) is 32.0 Å². The zero-order valence-corrected chi connectivity index (χ0v) is 13.6. The second-order valence-corrected chi connectivity index (χ2v) is 6.37. The molecule has 0 spiro atoms. The molecule has 2 rings (SSSR count). The number of rotatable bonds is 5. The Kier molecular flexibility index (Phi) is 5.20. The van der Waals surface area contributed by atoms with Crippen LogP contribution in [-0.4, -0.2) is 81.6 Å². The molecule has 1 amide bonds. The Morgan fingerprint density at radius 1 is 1.41 bits per heavy atom. The van der Waals surface area contributed by atoms with Crippen LogP contribution in [0.15, 0.2) is 6.07 Å². The number of aliphatic hydroxyl groups is 2. The van der Waals surface area contributed by atoms with Gasteiger partial charge in [0.05, 0.1) is 24.4 Å². The van der Waals surface area contributed by atoms with Gasteiger partial charge in [0.1, 0.15) is 5.69 Å². The first-order valence-electron chi connectivity index (χ1n) is 7.66. The smallest absolute Gasteiger partial charge is 0.272 e. The quantitative estimate of drug-likeness (QED) is 0.781. The molecule has 7 heteroatoms. The average molecular weight is 310 g/mol. The summed E-state index contributed by atoms with van der Waals surface area (Å²) in [5, 5.41) is 23.6. The molecule has 0 saturated carbocycles. The van der Waals surface area contributed by atoms with Crippen LogP contribution in [-0.2, 0) is 6.54 Å². The van der Waals surface area contributed by atoms with E-state index in [0.29, 0.717) is 38.2 Å². The topological polar surface area (TPSA) is 81.8 Å². The van der Waals surface area contributed by atoms with Crippen molar-refractivity contribution in [3.8, 4) is 0 Å². The van der Waals surface area contributed by atoms with E-state index in [9.17, 15) is 15.0 Å². The number of likely N-dealkylation sites (N-methyl/N-ethyl adjacent to an activating group) is 1. The predicted molar refractivity (Wildman–Crippen MR) is 82.7 cm³/mol. The normalized spacial score (nSPS) is 18.0. The van der Waals surface area contributed by atoms with Crippen molar-refractivity contribution in [2.24, 2.45) is 0 Å². The number of hydrogen-bond acceptors (Lipinski definition) is 5. The molecule has 1 aliphatic rings. The molecule has 1 aliphatic heterocycles. The van der Waals surface area contributed by atoms with Gasteiger partial charge in [-0.05, 0) is 39.9 Å². The number of amides is 1. The number of piperidine rings is 1. The van der Waals surface area contributed by atoms with Crippen LogP contribution in [0.3, 0.4) is 0 Å². The van der Waals surface area contributed by atoms with E-state index < -0.39 is 5.60 Å². The molecular formula is C15H26N4O3. The molecule has 0 aromatic carbocycles. The highest BCUT2D eigenvalue weighted by Gasteiger charge is 2.34. The van der Waals surface area contributed by atoms with Crippen LogP contribution in [0, 0.1) is 6.92 Å². The summed E-state index contributed by atoms with van der Waals surface area (Å²) in [6, 6.07) is 1.81. The molecule has 124 valence electrons. The first kappa shape index (κ1) is 16.9. The van der Waals surface area contributed by atoms with E-state index >= 15 is 0 Å². The van der Waals surface area contributed by atoms with E-state index in [0.717, 1.165) is 12.2 Å². The number of likely N-dealkylation sites (tertiary alicyclic amines) is 1. The van der Waals surface area contributed by atoms with Crippen molar-refractivity contribution in [1.29, 1.82) is 0 Å². The Morgan fingerprint density at radius 2 is 2.05 bits per heavy atom. The number of aryl methyl sites for hydroxylation is 1. The van der Waals surface area contributed by atoms with Crippen LogP contribution >= 0.6 is 0 Å². The molecule has 1 saturated heterocycles. The molecule has 2 heterocycles. The Hall–Kier alpha value is -1.44. The van der Waals surface area contributed by atoms with E-state index in [1.54, 1.807) is 9.58 Å². The fourth-order valence-corrected chi connectivity index (χ4v) is 2.63. The summed E-state index contributed by atoms with van der Waals surface area (Å²) in [7, 11) is 3.97. The number of nitrogens with zero attached hydrogens (tertiary/aromatic N) is 4. The van der Waals surface area contributed by atoms with Gasteiger partial charge >= 0.3 is 0 Å². The maximum absolute atomic E-state index is 12.7. The second-order valence-electron chi connectivity index (χ2n) is 6.37. The molecule has 0 unspecified atom stereocenters. The SMILES string of the molecule is Cc1cc(C(=O)N2CCC(O)(CO)CC2)n(CCN(C)C)n1. The fraction of sp³-hybridized carbons (Fsp3) is 0.733. The minimum atomic E-state index is -1.04. The van der Waals surface area contributed by atoms with Crippen LogP contribution in [0.25, 0.3) is 0 Å². The van der Waals surface area contributed by atoms with Gasteiger partial charge < -0.3 is 20.0 Å². The third-order valence-corrected chi connectivity index (χ3v) is 4.16. The minimum absolute atomic E-state index is 0.0562. The summed E-state index contributed by atoms with van der Waals surface area (Å²) >= 11 is 0. The summed E-state index contributed by atoms with van der Waals surface area (Å²) in [5.74, 6) is -0.0562. The lowest BCUT2D eigenvalue weighted by atomic mass is 9.92. The lowest BCUT2D eigenvalue weighted by molar-refractivity contribution is -0.0547. The van der Waals surface area contributed by atoms with Crippen LogP contribution in [0.5, 0.6) is 0 Å². The van der Waals surface area contributed by atoms with Crippen molar-refractivity contribution in [3.63, 3.8) is 0 Å². The highest BCUT2D eigenvalue weighted by molar-refractivity contribution is 5.92. The van der Waals surface area contributed by atoms with Gasteiger partial charge in [0, 0.05) is 19.6 Å². The Balaban J connectivity index is 2.07. The van der Waals surface area contributed by atoms with Crippen molar-refractivity contribution >= 4 is 5.91 Å². The van der Waals surface area contributed by atoms with E-state index in [-0.39, 0.29) is 12.5 Å². The molecule has 1 fully saturated rings. The molecule has 22 heavy (non-hydrogen) atoms. The zero-order chi connectivity index (χ0) is 16.3. The van der Waals surface area contributed by atoms with Crippen molar-refractivity contribution in [3.05, 3.63) is 17.5 Å². The predicted octanol–water partition coefficient (Wildman–Crippen LogP) is -0.287. The number of aromatic nitrogens is 2. The van der Waals surface area contributed by atoms with Crippen molar-refractivity contribution in [2.75, 3.05) is 40.3 Å². The summed E-state index contributed by atoms with van der Waals surface area (Å²) in [6.45, 7) is 4.00. The maximum Gasteiger partial charge on any atom is 0.272 e. The number of carbonyl (C=O) groups is 1. The molecular weight excluding hydrogens is 284 g/mol. The number of carbonyl (C=O) groups excluding carboxylic acids is 1. The van der Waals surface area contributed by atoms with Gasteiger partial charge in [-0.25, -0.2) is 0 Å². The van der Waals surface area contributed by atoms with E-state index in [1.165, 1.54) is 0 Å². The van der Waals surface area contributed by atoms with Gasteiger partial charge in [0.25, 0.3) is 5.91 Å². The van der Waals surface area contributed by atoms with Gasteiger partial charge in [-0.3, -0.25) is 9.48 Å². The summed E-state index contributed by atoms with van der Waals surface area (Å²) in [4.78, 5) is 16.5. The number of hydrogen-bond donors (Lipinski definition) is 2. The highest BCUT2D eigenvalue weighted by atomic mass is 16.3. The standard InChI is InChI=1S/C15H26N4O3/c1-12-10-13(19(16-12)9-8-17(2)3)14(21)18-6-4-15(22,11-20)5-7-18/h10,20,22H,4-9,11H2,1-3H3. The third kappa shape index (κ3) is 3.85. The Bertz CT molecular complexity index is 519. The van der Waals surface area contributed by atoms with Gasteiger partial charge in [0.15, 0.2) is 0 Å². The van der Waals surface area contributed by atoms with Crippen molar-refractivity contribution in [2.45, 2.75) is 31.9 Å². The lowest BCUT2D eigenvalue weighted by Crippen LogP contribution is -2.48. The van der Waals surface area contributed by atoms with Crippen molar-refractivity contribution in [1.82, 2.24) is 19.6 Å². The first-order valence-corrected chi connectivity index (χ1v) is 7.66. The van der Waals surface area contributed by atoms with Crippen LogP contribution < -0.4 is 0 Å². The maximum atomic E-state index is 12.7. The Morgan fingerprint density at radius 3 is 2.59 bits per heavy atom. The fourth-order valence-electron chi connectivity index (χ4n) is 2.63. The van der Waals surface area contributed by atoms with E-state index in [4.69, 9.17) is 0 Å². The van der Waals surface area contributed by atoms with Crippen LogP contribution in [0.1, 0.15) is 29.0 Å². The van der Waals surface area contributed by atoms with Crippen LogP contribution in [0.4, 0.5) is 0 Å². The molecule has 1 aromatic heterocycles. The highest BCUT2D eigenvalue weighted by Crippen LogP contribution is 2.23. The van der Waals surface area contributed by atoms with Gasteiger partial charge in [0.2, 0.25) is 0 Å². The third-order valence-electron chi connectivity index (χ3n) is 4.16. The monoisotopic (exact) mass is 310 g/mol. The lowest BCUT2D eigenvalue weighted by Gasteiger charge is -2.36. The molecule has 0 bridgehead atoms. The van der Waals surface area contributed by atoms with Gasteiger partial charge in [-0.1, -0.05) is 0 Å². The summed E-state index contributed by atoms with van der Waals surface area (Å²) < 4.78 is 1.75. The second kappa shape index (κ2) is 6.76. The molecule has 7 nitrogen and oxygen atoms in total.